The maximum absolute atomic E-state index is 12.9. The van der Waals surface area contributed by atoms with Crippen molar-refractivity contribution in [2.45, 2.75) is 236 Å². The van der Waals surface area contributed by atoms with Crippen LogP contribution < -0.4 is 5.32 Å². The lowest BCUT2D eigenvalue weighted by atomic mass is 9.99. The van der Waals surface area contributed by atoms with Gasteiger partial charge in [0.2, 0.25) is 5.91 Å². The number of hydrogen-bond acceptors (Lipinski definition) is 8. The number of ether oxygens (including phenoxy) is 2. The van der Waals surface area contributed by atoms with Crippen molar-refractivity contribution in [2.24, 2.45) is 0 Å². The monoisotopic (exact) mass is 962 g/mol. The van der Waals surface area contributed by atoms with E-state index in [0.717, 1.165) is 116 Å². The van der Waals surface area contributed by atoms with Crippen molar-refractivity contribution in [2.75, 3.05) is 13.2 Å². The Kier molecular flexibility index (Phi) is 44.5. The molecule has 1 fully saturated rings. The van der Waals surface area contributed by atoms with Crippen molar-refractivity contribution < 1.29 is 39.8 Å². The van der Waals surface area contributed by atoms with Gasteiger partial charge >= 0.3 is 0 Å². The summed E-state index contributed by atoms with van der Waals surface area (Å²) in [7, 11) is 0. The molecular formula is C60H99NO8. The standard InChI is InChI=1S/C60H99NO8/c1-3-5-7-9-11-12-13-14-15-16-17-18-19-20-21-22-23-24-25-26-27-28-29-30-31-32-33-34-35-36-37-38-39-40-41-42-44-46-48-50-56(64)61-53(54(63)49-47-45-43-10-8-6-4-2)52-68-60-59(67)58(66)57(65)55(51-62)69-60/h5,7,11-12,14-15,17-18,20-21,23-24,26-27,29-30,32-33,35-36,53-55,57-60,62-63,65-67H,3-4,6,8-10,13,16,19,22,25,28,31,34,37-52H2,1-2H3,(H,61,64)/b7-5-,12-11-,15-14-,18-17-,21-20-,24-23-,27-26-,30-29-,33-32-,36-35-. The number of allylic oxidation sites excluding steroid dienone is 20. The fourth-order valence-corrected chi connectivity index (χ4v) is 7.78. The predicted molar refractivity (Wildman–Crippen MR) is 290 cm³/mol. The van der Waals surface area contributed by atoms with E-state index in [1.807, 2.05) is 0 Å². The Balaban J connectivity index is 2.10. The molecule has 392 valence electrons. The van der Waals surface area contributed by atoms with E-state index >= 15 is 0 Å². The van der Waals surface area contributed by atoms with Crippen molar-refractivity contribution in [3.8, 4) is 0 Å². The van der Waals surface area contributed by atoms with Crippen LogP contribution in [0.25, 0.3) is 0 Å². The zero-order valence-electron chi connectivity index (χ0n) is 43.3. The van der Waals surface area contributed by atoms with Gasteiger partial charge in [0.25, 0.3) is 0 Å². The summed E-state index contributed by atoms with van der Waals surface area (Å²) in [5.74, 6) is -0.163. The van der Waals surface area contributed by atoms with E-state index in [1.54, 1.807) is 0 Å². The van der Waals surface area contributed by atoms with Gasteiger partial charge in [0.15, 0.2) is 6.29 Å². The molecule has 1 amide bonds. The summed E-state index contributed by atoms with van der Waals surface area (Å²) in [5, 5.41) is 54.2. The van der Waals surface area contributed by atoms with Crippen molar-refractivity contribution in [1.29, 1.82) is 0 Å². The Labute approximate surface area is 420 Å². The number of unbranched alkanes of at least 4 members (excludes halogenated alkanes) is 14. The van der Waals surface area contributed by atoms with Gasteiger partial charge in [-0.2, -0.15) is 0 Å². The maximum atomic E-state index is 12.9. The first-order valence-electron chi connectivity index (χ1n) is 27.2. The summed E-state index contributed by atoms with van der Waals surface area (Å²) in [6.07, 6.45) is 65.4. The van der Waals surface area contributed by atoms with E-state index in [-0.39, 0.29) is 12.5 Å². The third-order valence-corrected chi connectivity index (χ3v) is 12.1. The summed E-state index contributed by atoms with van der Waals surface area (Å²) in [6, 6.07) is -0.728. The number of rotatable bonds is 44. The van der Waals surface area contributed by atoms with E-state index in [2.05, 4.69) is 141 Å². The van der Waals surface area contributed by atoms with Crippen LogP contribution in [0.5, 0.6) is 0 Å². The summed E-state index contributed by atoms with van der Waals surface area (Å²) >= 11 is 0. The van der Waals surface area contributed by atoms with E-state index < -0.39 is 49.5 Å². The van der Waals surface area contributed by atoms with Gasteiger partial charge in [-0.1, -0.05) is 219 Å². The molecule has 1 saturated heterocycles. The Morgan fingerprint density at radius 1 is 0.507 bits per heavy atom. The quantitative estimate of drug-likeness (QED) is 0.0261. The van der Waals surface area contributed by atoms with Crippen LogP contribution in [0.3, 0.4) is 0 Å². The van der Waals surface area contributed by atoms with Crippen LogP contribution in [0.2, 0.25) is 0 Å². The fourth-order valence-electron chi connectivity index (χ4n) is 7.78. The van der Waals surface area contributed by atoms with Crippen LogP contribution >= 0.6 is 0 Å². The van der Waals surface area contributed by atoms with Gasteiger partial charge in [0.1, 0.15) is 24.4 Å². The molecule has 1 aliphatic heterocycles. The zero-order valence-corrected chi connectivity index (χ0v) is 43.3. The van der Waals surface area contributed by atoms with Gasteiger partial charge in [-0.05, 0) is 89.9 Å². The molecule has 1 rings (SSSR count). The van der Waals surface area contributed by atoms with Crippen molar-refractivity contribution >= 4 is 5.91 Å². The van der Waals surface area contributed by atoms with Crippen LogP contribution in [0.1, 0.15) is 194 Å². The highest BCUT2D eigenvalue weighted by Gasteiger charge is 2.44. The van der Waals surface area contributed by atoms with Crippen molar-refractivity contribution in [1.82, 2.24) is 5.32 Å². The molecule has 9 heteroatoms. The minimum atomic E-state index is -1.56. The topological polar surface area (TPSA) is 149 Å². The van der Waals surface area contributed by atoms with E-state index in [9.17, 15) is 30.3 Å². The van der Waals surface area contributed by atoms with Gasteiger partial charge < -0.3 is 40.3 Å². The van der Waals surface area contributed by atoms with E-state index in [1.165, 1.54) is 51.4 Å². The zero-order chi connectivity index (χ0) is 50.1. The molecule has 0 aromatic heterocycles. The van der Waals surface area contributed by atoms with E-state index in [4.69, 9.17) is 9.47 Å². The number of amides is 1. The molecule has 6 N–H and O–H groups in total. The minimum Gasteiger partial charge on any atom is -0.394 e. The SMILES string of the molecule is CC/C=C\C/C=C\C/C=C\C/C=C\C/C=C\C/C=C\C/C=C\C/C=C\C/C=C\C/C=C\CCCCCCCCCCC(=O)NC(COC1OC(CO)C(O)C(O)C1O)C(O)CCCCCCCCC. The Morgan fingerprint density at radius 2 is 0.899 bits per heavy atom. The van der Waals surface area contributed by atoms with Crippen LogP contribution in [0.15, 0.2) is 122 Å². The molecule has 0 aliphatic carbocycles. The molecule has 0 saturated carbocycles. The number of aliphatic hydroxyl groups excluding tert-OH is 5. The lowest BCUT2D eigenvalue weighted by Gasteiger charge is -2.40. The molecule has 0 aromatic rings. The number of carbonyl (C=O) groups excluding carboxylic acids is 1. The van der Waals surface area contributed by atoms with Crippen LogP contribution in [-0.4, -0.2) is 87.5 Å². The predicted octanol–water partition coefficient (Wildman–Crippen LogP) is 13.2. The van der Waals surface area contributed by atoms with Gasteiger partial charge in [-0.3, -0.25) is 4.79 Å². The second-order valence-corrected chi connectivity index (χ2v) is 18.3. The van der Waals surface area contributed by atoms with Crippen LogP contribution in [0, 0.1) is 0 Å². The van der Waals surface area contributed by atoms with Crippen molar-refractivity contribution in [3.63, 3.8) is 0 Å². The van der Waals surface area contributed by atoms with Gasteiger partial charge in [-0.15, -0.1) is 0 Å². The highest BCUT2D eigenvalue weighted by atomic mass is 16.7. The molecule has 1 aliphatic rings. The highest BCUT2D eigenvalue weighted by Crippen LogP contribution is 2.23. The number of aliphatic hydroxyl groups is 5. The first-order chi connectivity index (χ1) is 33.8. The number of carbonyl (C=O) groups is 1. The summed E-state index contributed by atoms with van der Waals surface area (Å²) in [4.78, 5) is 12.9. The molecule has 69 heavy (non-hydrogen) atoms. The van der Waals surface area contributed by atoms with Crippen LogP contribution in [-0.2, 0) is 14.3 Å². The van der Waals surface area contributed by atoms with Gasteiger partial charge in [0.05, 0.1) is 25.4 Å². The van der Waals surface area contributed by atoms with E-state index in [0.29, 0.717) is 12.8 Å². The lowest BCUT2D eigenvalue weighted by molar-refractivity contribution is -0.302. The molecule has 7 unspecified atom stereocenters. The normalized spacial score (nSPS) is 20.5. The maximum Gasteiger partial charge on any atom is 0.220 e. The van der Waals surface area contributed by atoms with Gasteiger partial charge in [0, 0.05) is 6.42 Å². The second kappa shape index (κ2) is 48.2. The summed E-state index contributed by atoms with van der Waals surface area (Å²) < 4.78 is 11.2. The van der Waals surface area contributed by atoms with Crippen molar-refractivity contribution in [3.05, 3.63) is 122 Å². The summed E-state index contributed by atoms with van der Waals surface area (Å²) in [5.41, 5.74) is 0. The first-order valence-corrected chi connectivity index (χ1v) is 27.2. The molecular weight excluding hydrogens is 863 g/mol. The molecule has 1 heterocycles. The molecule has 0 radical (unpaired) electrons. The Morgan fingerprint density at radius 3 is 1.33 bits per heavy atom. The third kappa shape index (κ3) is 38.0. The Hall–Kier alpha value is -3.41. The largest absolute Gasteiger partial charge is 0.394 e. The molecule has 0 bridgehead atoms. The smallest absolute Gasteiger partial charge is 0.220 e. The average Bonchev–Trinajstić information content (AvgIpc) is 3.35. The Bertz CT molecular complexity index is 1490. The molecule has 7 atom stereocenters. The highest BCUT2D eigenvalue weighted by molar-refractivity contribution is 5.76. The molecule has 9 nitrogen and oxygen atoms in total. The fraction of sp³-hybridized carbons (Fsp3) is 0.650. The minimum absolute atomic E-state index is 0.149. The number of hydrogen-bond donors (Lipinski definition) is 6. The second-order valence-electron chi connectivity index (χ2n) is 18.3. The van der Waals surface area contributed by atoms with Crippen LogP contribution in [0.4, 0.5) is 0 Å². The number of nitrogens with one attached hydrogen (secondary N) is 1. The average molecular weight is 962 g/mol. The lowest BCUT2D eigenvalue weighted by Crippen LogP contribution is -2.60. The summed E-state index contributed by atoms with van der Waals surface area (Å²) in [6.45, 7) is 3.64. The first kappa shape index (κ1) is 63.6. The van der Waals surface area contributed by atoms with Gasteiger partial charge in [-0.25, -0.2) is 0 Å². The molecule has 0 spiro atoms. The third-order valence-electron chi connectivity index (χ3n) is 12.1. The molecule has 0 aromatic carbocycles.